The minimum absolute atomic E-state index is 0.829. The highest BCUT2D eigenvalue weighted by atomic mass is 15.1. The lowest BCUT2D eigenvalue weighted by Crippen LogP contribution is -2.24. The summed E-state index contributed by atoms with van der Waals surface area (Å²) in [7, 11) is 0. The molecule has 2 N–H and O–H groups in total. The SMILES string of the molecule is c1ccc(N=C2CCC(Nc3ccccc3)=C2C2=NCCN2)cc1. The Hall–Kier alpha value is -2.88. The summed E-state index contributed by atoms with van der Waals surface area (Å²) in [6.07, 6.45) is 1.89. The van der Waals surface area contributed by atoms with Gasteiger partial charge in [-0.2, -0.15) is 0 Å². The van der Waals surface area contributed by atoms with E-state index < -0.39 is 0 Å². The number of anilines is 1. The molecule has 2 aromatic rings. The maximum atomic E-state index is 4.87. The highest BCUT2D eigenvalue weighted by Crippen LogP contribution is 2.29. The Morgan fingerprint density at radius 2 is 1.67 bits per heavy atom. The van der Waals surface area contributed by atoms with Gasteiger partial charge in [0.05, 0.1) is 23.5 Å². The van der Waals surface area contributed by atoms with Gasteiger partial charge in [-0.05, 0) is 37.1 Å². The smallest absolute Gasteiger partial charge is 0.132 e. The fourth-order valence-corrected chi connectivity index (χ4v) is 3.10. The van der Waals surface area contributed by atoms with Crippen molar-refractivity contribution in [3.05, 3.63) is 71.9 Å². The van der Waals surface area contributed by atoms with Gasteiger partial charge in [0, 0.05) is 17.9 Å². The zero-order valence-electron chi connectivity index (χ0n) is 13.5. The van der Waals surface area contributed by atoms with Crippen LogP contribution < -0.4 is 10.6 Å². The van der Waals surface area contributed by atoms with E-state index in [1.807, 2.05) is 48.5 Å². The molecule has 0 saturated heterocycles. The van der Waals surface area contributed by atoms with E-state index in [1.165, 1.54) is 5.70 Å². The number of nitrogens with zero attached hydrogens (tertiary/aromatic N) is 2. The Bertz CT molecular complexity index is 804. The first kappa shape index (κ1) is 14.7. The molecule has 4 nitrogen and oxygen atoms in total. The monoisotopic (exact) mass is 316 g/mol. The summed E-state index contributed by atoms with van der Waals surface area (Å²) in [5.74, 6) is 0.973. The summed E-state index contributed by atoms with van der Waals surface area (Å²) < 4.78 is 0. The Labute approximate surface area is 142 Å². The Morgan fingerprint density at radius 3 is 2.38 bits per heavy atom. The van der Waals surface area contributed by atoms with Crippen molar-refractivity contribution in [3.63, 3.8) is 0 Å². The van der Waals surface area contributed by atoms with Crippen molar-refractivity contribution in [3.8, 4) is 0 Å². The van der Waals surface area contributed by atoms with Crippen LogP contribution in [-0.4, -0.2) is 24.6 Å². The third-order valence-electron chi connectivity index (χ3n) is 4.20. The van der Waals surface area contributed by atoms with Gasteiger partial charge in [0.25, 0.3) is 0 Å². The lowest BCUT2D eigenvalue weighted by atomic mass is 10.1. The molecule has 0 atom stereocenters. The van der Waals surface area contributed by atoms with Crippen LogP contribution in [0.5, 0.6) is 0 Å². The van der Waals surface area contributed by atoms with Crippen molar-refractivity contribution in [2.75, 3.05) is 18.4 Å². The van der Waals surface area contributed by atoms with Crippen molar-refractivity contribution in [1.29, 1.82) is 0 Å². The third kappa shape index (κ3) is 3.08. The molecule has 0 radical (unpaired) electrons. The first-order chi connectivity index (χ1) is 11.9. The normalized spacial score (nSPS) is 18.7. The maximum Gasteiger partial charge on any atom is 0.132 e. The fraction of sp³-hybridized carbons (Fsp3) is 0.200. The number of hydrogen-bond acceptors (Lipinski definition) is 4. The van der Waals surface area contributed by atoms with E-state index in [0.29, 0.717) is 0 Å². The highest BCUT2D eigenvalue weighted by Gasteiger charge is 2.27. The number of hydrogen-bond donors (Lipinski definition) is 2. The van der Waals surface area contributed by atoms with E-state index in [4.69, 9.17) is 4.99 Å². The molecular weight excluding hydrogens is 296 g/mol. The molecule has 1 heterocycles. The Kier molecular flexibility index (Phi) is 4.11. The number of nitrogens with one attached hydrogen (secondary N) is 2. The quantitative estimate of drug-likeness (QED) is 0.898. The average Bonchev–Trinajstić information content (AvgIpc) is 3.27. The zero-order valence-corrected chi connectivity index (χ0v) is 13.5. The van der Waals surface area contributed by atoms with Crippen LogP contribution in [0.2, 0.25) is 0 Å². The summed E-state index contributed by atoms with van der Waals surface area (Å²) in [5, 5.41) is 6.96. The molecule has 0 spiro atoms. The molecule has 2 aliphatic rings. The fourth-order valence-electron chi connectivity index (χ4n) is 3.10. The van der Waals surface area contributed by atoms with Gasteiger partial charge in [-0.3, -0.25) is 9.98 Å². The molecule has 0 unspecified atom stereocenters. The van der Waals surface area contributed by atoms with Crippen molar-refractivity contribution in [1.82, 2.24) is 5.32 Å². The molecule has 24 heavy (non-hydrogen) atoms. The van der Waals surface area contributed by atoms with E-state index in [9.17, 15) is 0 Å². The predicted octanol–water partition coefficient (Wildman–Crippen LogP) is 3.92. The molecule has 0 aromatic heterocycles. The van der Waals surface area contributed by atoms with Gasteiger partial charge in [0.2, 0.25) is 0 Å². The minimum Gasteiger partial charge on any atom is -0.368 e. The molecule has 1 aliphatic heterocycles. The molecule has 0 fully saturated rings. The van der Waals surface area contributed by atoms with Crippen molar-refractivity contribution >= 4 is 22.9 Å². The molecule has 4 heteroatoms. The molecule has 2 aromatic carbocycles. The van der Waals surface area contributed by atoms with Crippen LogP contribution in [0.15, 0.2) is 81.9 Å². The van der Waals surface area contributed by atoms with Crippen molar-refractivity contribution in [2.45, 2.75) is 12.8 Å². The first-order valence-electron chi connectivity index (χ1n) is 8.37. The number of benzene rings is 2. The molecule has 120 valence electrons. The molecule has 0 saturated carbocycles. The van der Waals surface area contributed by atoms with E-state index in [2.05, 4.69) is 27.8 Å². The van der Waals surface area contributed by atoms with Gasteiger partial charge < -0.3 is 10.6 Å². The zero-order chi connectivity index (χ0) is 16.2. The molecule has 0 bridgehead atoms. The maximum absolute atomic E-state index is 4.87. The number of para-hydroxylation sites is 2. The second kappa shape index (κ2) is 6.71. The van der Waals surface area contributed by atoms with Gasteiger partial charge in [0.1, 0.15) is 5.84 Å². The summed E-state index contributed by atoms with van der Waals surface area (Å²) in [6, 6.07) is 20.4. The lowest BCUT2D eigenvalue weighted by Gasteiger charge is -2.11. The van der Waals surface area contributed by atoms with Crippen LogP contribution >= 0.6 is 0 Å². The number of allylic oxidation sites excluding steroid dienone is 1. The van der Waals surface area contributed by atoms with Crippen LogP contribution in [-0.2, 0) is 0 Å². The van der Waals surface area contributed by atoms with E-state index in [-0.39, 0.29) is 0 Å². The second-order valence-electron chi connectivity index (χ2n) is 5.90. The summed E-state index contributed by atoms with van der Waals surface area (Å²) in [6.45, 7) is 1.73. The standard InChI is InChI=1S/C20H20N4/c1-3-7-15(8-4-1)23-17-11-12-18(19(17)20-21-13-14-22-20)24-16-9-5-2-6-10-16/h1-10,23H,11-14H2,(H,21,22). The van der Waals surface area contributed by atoms with E-state index >= 15 is 0 Å². The largest absolute Gasteiger partial charge is 0.368 e. The molecular formula is C20H20N4. The van der Waals surface area contributed by atoms with Gasteiger partial charge in [0.15, 0.2) is 0 Å². The van der Waals surface area contributed by atoms with Gasteiger partial charge in [-0.25, -0.2) is 0 Å². The molecule has 1 aliphatic carbocycles. The number of rotatable bonds is 4. The third-order valence-corrected chi connectivity index (χ3v) is 4.20. The summed E-state index contributed by atoms with van der Waals surface area (Å²) >= 11 is 0. The Morgan fingerprint density at radius 1 is 0.917 bits per heavy atom. The lowest BCUT2D eigenvalue weighted by molar-refractivity contribution is 0.960. The van der Waals surface area contributed by atoms with Gasteiger partial charge in [-0.15, -0.1) is 0 Å². The van der Waals surface area contributed by atoms with Crippen LogP contribution in [0.25, 0.3) is 0 Å². The second-order valence-corrected chi connectivity index (χ2v) is 5.90. The van der Waals surface area contributed by atoms with E-state index in [0.717, 1.165) is 54.4 Å². The van der Waals surface area contributed by atoms with Crippen molar-refractivity contribution in [2.24, 2.45) is 9.98 Å². The van der Waals surface area contributed by atoms with Gasteiger partial charge in [-0.1, -0.05) is 36.4 Å². The highest BCUT2D eigenvalue weighted by molar-refractivity contribution is 6.26. The molecule has 4 rings (SSSR count). The summed E-state index contributed by atoms with van der Waals surface area (Å²) in [5.41, 5.74) is 5.53. The van der Waals surface area contributed by atoms with E-state index in [1.54, 1.807) is 0 Å². The van der Waals surface area contributed by atoms with Crippen LogP contribution in [0.4, 0.5) is 11.4 Å². The number of amidine groups is 1. The first-order valence-corrected chi connectivity index (χ1v) is 8.37. The summed E-state index contributed by atoms with van der Waals surface area (Å²) in [4.78, 5) is 9.50. The van der Waals surface area contributed by atoms with Crippen molar-refractivity contribution < 1.29 is 0 Å². The Balaban J connectivity index is 1.71. The molecule has 0 amide bonds. The number of aliphatic imine (C=N–C) groups is 2. The van der Waals surface area contributed by atoms with Crippen LogP contribution in [0.1, 0.15) is 12.8 Å². The van der Waals surface area contributed by atoms with Crippen LogP contribution in [0, 0.1) is 0 Å². The van der Waals surface area contributed by atoms with Gasteiger partial charge >= 0.3 is 0 Å². The minimum atomic E-state index is 0.829. The average molecular weight is 316 g/mol. The van der Waals surface area contributed by atoms with Crippen LogP contribution in [0.3, 0.4) is 0 Å². The predicted molar refractivity (Wildman–Crippen MR) is 100 cm³/mol. The topological polar surface area (TPSA) is 48.8 Å².